The van der Waals surface area contributed by atoms with Gasteiger partial charge < -0.3 is 4.74 Å². The predicted molar refractivity (Wildman–Crippen MR) is 100 cm³/mol. The molecule has 27 heavy (non-hydrogen) atoms. The van der Waals surface area contributed by atoms with Gasteiger partial charge >= 0.3 is 5.97 Å². The third-order valence-electron chi connectivity index (χ3n) is 5.03. The molecule has 1 heterocycles. The van der Waals surface area contributed by atoms with Crippen LogP contribution in [0.3, 0.4) is 0 Å². The zero-order valence-electron chi connectivity index (χ0n) is 14.7. The highest BCUT2D eigenvalue weighted by Gasteiger charge is 2.47. The van der Waals surface area contributed by atoms with Crippen LogP contribution in [0.25, 0.3) is 0 Å². The molecule has 1 aliphatic carbocycles. The molecule has 2 unspecified atom stereocenters. The Bertz CT molecular complexity index is 876. The predicted octanol–water partition coefficient (Wildman–Crippen LogP) is 3.29. The quantitative estimate of drug-likeness (QED) is 0.363. The Morgan fingerprint density at radius 3 is 2.07 bits per heavy atom. The standard InChI is InChI=1S/C22H19NO4/c24-20(14-15-6-2-1-3-7-15)27-17-12-10-16(11-13-17)23-21(25)18-8-4-5-9-19(18)22(23)26/h1-7,10-13,18-19H,8-9,14H2. The molecule has 0 saturated carbocycles. The summed E-state index contributed by atoms with van der Waals surface area (Å²) in [5.74, 6) is -0.791. The molecule has 2 aromatic carbocycles. The van der Waals surface area contributed by atoms with Crippen LogP contribution in [0, 0.1) is 11.8 Å². The van der Waals surface area contributed by atoms with Crippen LogP contribution < -0.4 is 9.64 Å². The van der Waals surface area contributed by atoms with Gasteiger partial charge in [0.15, 0.2) is 0 Å². The van der Waals surface area contributed by atoms with E-state index in [9.17, 15) is 14.4 Å². The Morgan fingerprint density at radius 1 is 0.889 bits per heavy atom. The summed E-state index contributed by atoms with van der Waals surface area (Å²) in [7, 11) is 0. The molecule has 2 amide bonds. The smallest absolute Gasteiger partial charge is 0.315 e. The van der Waals surface area contributed by atoms with Crippen molar-refractivity contribution in [3.63, 3.8) is 0 Å². The lowest BCUT2D eigenvalue weighted by Gasteiger charge is -2.15. The third kappa shape index (κ3) is 3.40. The summed E-state index contributed by atoms with van der Waals surface area (Å²) in [6.07, 6.45) is 5.33. The molecule has 5 heteroatoms. The van der Waals surface area contributed by atoms with E-state index in [0.717, 1.165) is 5.56 Å². The summed E-state index contributed by atoms with van der Waals surface area (Å²) in [6.45, 7) is 0. The lowest BCUT2D eigenvalue weighted by atomic mass is 9.85. The number of carbonyl (C=O) groups excluding carboxylic acids is 3. The summed E-state index contributed by atoms with van der Waals surface area (Å²) in [5.41, 5.74) is 1.39. The molecular weight excluding hydrogens is 342 g/mol. The number of rotatable bonds is 4. The van der Waals surface area contributed by atoms with Gasteiger partial charge in [-0.05, 0) is 42.7 Å². The third-order valence-corrected chi connectivity index (χ3v) is 5.03. The van der Waals surface area contributed by atoms with Crippen LogP contribution in [0.5, 0.6) is 5.75 Å². The van der Waals surface area contributed by atoms with E-state index in [1.165, 1.54) is 4.90 Å². The Labute approximate surface area is 157 Å². The Hall–Kier alpha value is -3.21. The second-order valence-corrected chi connectivity index (χ2v) is 6.80. The molecule has 0 bridgehead atoms. The van der Waals surface area contributed by atoms with E-state index in [-0.39, 0.29) is 36.0 Å². The van der Waals surface area contributed by atoms with Crippen molar-refractivity contribution >= 4 is 23.5 Å². The van der Waals surface area contributed by atoms with Gasteiger partial charge in [0.1, 0.15) is 5.75 Å². The normalized spacial score (nSPS) is 21.3. The molecule has 0 spiro atoms. The molecule has 0 N–H and O–H groups in total. The molecule has 136 valence electrons. The number of amides is 2. The van der Waals surface area contributed by atoms with Gasteiger partial charge in [-0.25, -0.2) is 0 Å². The number of fused-ring (bicyclic) bond motifs is 1. The highest BCUT2D eigenvalue weighted by Crippen LogP contribution is 2.37. The van der Waals surface area contributed by atoms with E-state index < -0.39 is 0 Å². The van der Waals surface area contributed by atoms with Crippen molar-refractivity contribution in [3.8, 4) is 5.75 Å². The first-order valence-electron chi connectivity index (χ1n) is 9.01. The number of carbonyl (C=O) groups is 3. The Balaban J connectivity index is 1.44. The molecule has 0 aromatic heterocycles. The molecule has 1 saturated heterocycles. The molecular formula is C22H19NO4. The Kier molecular flexibility index (Phi) is 4.59. The van der Waals surface area contributed by atoms with Crippen LogP contribution in [0.1, 0.15) is 18.4 Å². The minimum atomic E-state index is -0.362. The van der Waals surface area contributed by atoms with E-state index in [0.29, 0.717) is 24.3 Å². The molecule has 0 radical (unpaired) electrons. The maximum atomic E-state index is 12.6. The SMILES string of the molecule is O=C(Cc1ccccc1)Oc1ccc(N2C(=O)C3CC=CCC3C2=O)cc1. The van der Waals surface area contributed by atoms with E-state index in [1.54, 1.807) is 24.3 Å². The first-order chi connectivity index (χ1) is 13.1. The topological polar surface area (TPSA) is 63.7 Å². The van der Waals surface area contributed by atoms with Crippen LogP contribution in [0.2, 0.25) is 0 Å². The van der Waals surface area contributed by atoms with E-state index in [2.05, 4.69) is 0 Å². The lowest BCUT2D eigenvalue weighted by molar-refractivity contribution is -0.133. The first kappa shape index (κ1) is 17.2. The number of nitrogens with zero attached hydrogens (tertiary/aromatic N) is 1. The number of hydrogen-bond donors (Lipinski definition) is 0. The molecule has 1 aliphatic heterocycles. The monoisotopic (exact) mass is 361 g/mol. The van der Waals surface area contributed by atoms with Gasteiger partial charge in [-0.15, -0.1) is 0 Å². The molecule has 2 atom stereocenters. The molecule has 5 nitrogen and oxygen atoms in total. The first-order valence-corrected chi connectivity index (χ1v) is 9.01. The fourth-order valence-electron chi connectivity index (χ4n) is 3.65. The van der Waals surface area contributed by atoms with Crippen LogP contribution in [0.4, 0.5) is 5.69 Å². The number of anilines is 1. The second-order valence-electron chi connectivity index (χ2n) is 6.80. The van der Waals surface area contributed by atoms with Crippen molar-refractivity contribution in [2.75, 3.05) is 4.90 Å². The summed E-state index contributed by atoms with van der Waals surface area (Å²) in [4.78, 5) is 38.5. The summed E-state index contributed by atoms with van der Waals surface area (Å²) >= 11 is 0. The number of ether oxygens (including phenoxy) is 1. The largest absolute Gasteiger partial charge is 0.426 e. The Morgan fingerprint density at radius 2 is 1.48 bits per heavy atom. The van der Waals surface area contributed by atoms with Crippen LogP contribution in [0.15, 0.2) is 66.7 Å². The van der Waals surface area contributed by atoms with Crippen LogP contribution in [-0.2, 0) is 20.8 Å². The second kappa shape index (κ2) is 7.19. The van der Waals surface area contributed by atoms with Gasteiger partial charge in [-0.1, -0.05) is 42.5 Å². The fraction of sp³-hybridized carbons (Fsp3) is 0.227. The van der Waals surface area contributed by atoms with Crippen molar-refractivity contribution in [2.45, 2.75) is 19.3 Å². The van der Waals surface area contributed by atoms with Gasteiger partial charge in [0.05, 0.1) is 23.9 Å². The van der Waals surface area contributed by atoms with E-state index in [1.807, 2.05) is 42.5 Å². The van der Waals surface area contributed by atoms with E-state index >= 15 is 0 Å². The minimum Gasteiger partial charge on any atom is -0.426 e. The minimum absolute atomic E-state index is 0.150. The fourth-order valence-corrected chi connectivity index (χ4v) is 3.65. The number of imide groups is 1. The molecule has 2 aromatic rings. The molecule has 2 aliphatic rings. The number of hydrogen-bond acceptors (Lipinski definition) is 4. The zero-order chi connectivity index (χ0) is 18.8. The lowest BCUT2D eigenvalue weighted by Crippen LogP contribution is -2.30. The number of benzene rings is 2. The van der Waals surface area contributed by atoms with Gasteiger partial charge in [0, 0.05) is 0 Å². The van der Waals surface area contributed by atoms with Crippen molar-refractivity contribution < 1.29 is 19.1 Å². The van der Waals surface area contributed by atoms with Crippen LogP contribution >= 0.6 is 0 Å². The van der Waals surface area contributed by atoms with Crippen molar-refractivity contribution in [1.29, 1.82) is 0 Å². The molecule has 4 rings (SSSR count). The van der Waals surface area contributed by atoms with Gasteiger partial charge in [0.25, 0.3) is 0 Å². The highest BCUT2D eigenvalue weighted by atomic mass is 16.5. The van der Waals surface area contributed by atoms with Crippen LogP contribution in [-0.4, -0.2) is 17.8 Å². The van der Waals surface area contributed by atoms with Gasteiger partial charge in [-0.2, -0.15) is 0 Å². The van der Waals surface area contributed by atoms with Crippen molar-refractivity contribution in [2.24, 2.45) is 11.8 Å². The number of esters is 1. The summed E-state index contributed by atoms with van der Waals surface area (Å²) in [6, 6.07) is 15.9. The summed E-state index contributed by atoms with van der Waals surface area (Å²) in [5, 5.41) is 0. The van der Waals surface area contributed by atoms with Gasteiger partial charge in [0.2, 0.25) is 11.8 Å². The maximum absolute atomic E-state index is 12.6. The maximum Gasteiger partial charge on any atom is 0.315 e. The average Bonchev–Trinajstić information content (AvgIpc) is 2.94. The van der Waals surface area contributed by atoms with E-state index in [4.69, 9.17) is 4.74 Å². The van der Waals surface area contributed by atoms with Crippen molar-refractivity contribution in [1.82, 2.24) is 0 Å². The highest BCUT2D eigenvalue weighted by molar-refractivity contribution is 6.22. The molecule has 1 fully saturated rings. The van der Waals surface area contributed by atoms with Gasteiger partial charge in [-0.3, -0.25) is 19.3 Å². The number of allylic oxidation sites excluding steroid dienone is 2. The average molecular weight is 361 g/mol. The van der Waals surface area contributed by atoms with Crippen molar-refractivity contribution in [3.05, 3.63) is 72.3 Å². The zero-order valence-corrected chi connectivity index (χ0v) is 14.7. The summed E-state index contributed by atoms with van der Waals surface area (Å²) < 4.78 is 5.35.